The fraction of sp³-hybridized carbons (Fsp3) is 1.00. The third kappa shape index (κ3) is 4.19. The molecule has 0 aromatic rings. The summed E-state index contributed by atoms with van der Waals surface area (Å²) in [5, 5.41) is 3.85. The van der Waals surface area contributed by atoms with E-state index in [1.165, 1.54) is 64.2 Å². The fourth-order valence-electron chi connectivity index (χ4n) is 4.03. The summed E-state index contributed by atoms with van der Waals surface area (Å²) in [6, 6.07) is 0.575. The van der Waals surface area contributed by atoms with Crippen LogP contribution >= 0.6 is 0 Å². The van der Waals surface area contributed by atoms with Gasteiger partial charge in [0.2, 0.25) is 0 Å². The van der Waals surface area contributed by atoms with Gasteiger partial charge < -0.3 is 10.1 Å². The lowest BCUT2D eigenvalue weighted by molar-refractivity contribution is -0.102. The molecule has 0 aromatic carbocycles. The predicted octanol–water partition coefficient (Wildman–Crippen LogP) is 4.28. The first-order chi connectivity index (χ1) is 9.26. The third-order valence-corrected chi connectivity index (χ3v) is 5.14. The fourth-order valence-corrected chi connectivity index (χ4v) is 4.03. The molecule has 2 atom stereocenters. The SMILES string of the molecule is CCCNC(C1CCCCCC1)C1(C)CCCCO1. The molecule has 1 aliphatic heterocycles. The Hall–Kier alpha value is -0.0800. The molecule has 112 valence electrons. The Labute approximate surface area is 119 Å². The quantitative estimate of drug-likeness (QED) is 0.751. The van der Waals surface area contributed by atoms with Crippen molar-refractivity contribution in [2.45, 2.75) is 89.7 Å². The lowest BCUT2D eigenvalue weighted by atomic mass is 9.77. The van der Waals surface area contributed by atoms with Gasteiger partial charge in [-0.15, -0.1) is 0 Å². The highest BCUT2D eigenvalue weighted by Crippen LogP contribution is 2.36. The van der Waals surface area contributed by atoms with Crippen LogP contribution in [0.5, 0.6) is 0 Å². The van der Waals surface area contributed by atoms with Crippen molar-refractivity contribution in [2.75, 3.05) is 13.2 Å². The Morgan fingerprint density at radius 1 is 1.11 bits per heavy atom. The van der Waals surface area contributed by atoms with Crippen molar-refractivity contribution >= 4 is 0 Å². The molecule has 0 radical (unpaired) electrons. The van der Waals surface area contributed by atoms with Crippen LogP contribution in [0.25, 0.3) is 0 Å². The van der Waals surface area contributed by atoms with Crippen molar-refractivity contribution in [1.29, 1.82) is 0 Å². The van der Waals surface area contributed by atoms with Crippen LogP contribution in [0, 0.1) is 5.92 Å². The highest BCUT2D eigenvalue weighted by Gasteiger charge is 2.40. The Morgan fingerprint density at radius 3 is 2.42 bits per heavy atom. The van der Waals surface area contributed by atoms with E-state index in [1.54, 1.807) is 0 Å². The summed E-state index contributed by atoms with van der Waals surface area (Å²) in [5.41, 5.74) is 0.0857. The number of hydrogen-bond donors (Lipinski definition) is 1. The van der Waals surface area contributed by atoms with Gasteiger partial charge in [-0.25, -0.2) is 0 Å². The van der Waals surface area contributed by atoms with Gasteiger partial charge in [-0.3, -0.25) is 0 Å². The molecule has 0 bridgehead atoms. The van der Waals surface area contributed by atoms with E-state index in [9.17, 15) is 0 Å². The first-order valence-corrected chi connectivity index (χ1v) is 8.63. The third-order valence-electron chi connectivity index (χ3n) is 5.14. The molecule has 2 heteroatoms. The van der Waals surface area contributed by atoms with Gasteiger partial charge in [-0.1, -0.05) is 32.6 Å². The summed E-state index contributed by atoms with van der Waals surface area (Å²) in [7, 11) is 0. The van der Waals surface area contributed by atoms with Gasteiger partial charge in [-0.2, -0.15) is 0 Å². The maximum atomic E-state index is 6.26. The monoisotopic (exact) mass is 267 g/mol. The largest absolute Gasteiger partial charge is 0.374 e. The lowest BCUT2D eigenvalue weighted by Crippen LogP contribution is -2.56. The van der Waals surface area contributed by atoms with E-state index in [0.29, 0.717) is 6.04 Å². The van der Waals surface area contributed by atoms with Crippen LogP contribution in [0.1, 0.15) is 78.1 Å². The van der Waals surface area contributed by atoms with Gasteiger partial charge in [0.05, 0.1) is 5.60 Å². The highest BCUT2D eigenvalue weighted by atomic mass is 16.5. The number of rotatable bonds is 5. The maximum Gasteiger partial charge on any atom is 0.0809 e. The molecular weight excluding hydrogens is 234 g/mol. The summed E-state index contributed by atoms with van der Waals surface area (Å²) in [6.07, 6.45) is 13.6. The van der Waals surface area contributed by atoms with Crippen molar-refractivity contribution in [1.82, 2.24) is 5.32 Å². The molecule has 0 spiro atoms. The van der Waals surface area contributed by atoms with Gasteiger partial charge in [-0.05, 0) is 57.9 Å². The minimum atomic E-state index is 0.0857. The van der Waals surface area contributed by atoms with Crippen LogP contribution in [0.2, 0.25) is 0 Å². The Kier molecular flexibility index (Phi) is 6.15. The van der Waals surface area contributed by atoms with E-state index in [4.69, 9.17) is 4.74 Å². The topological polar surface area (TPSA) is 21.3 Å². The Bertz CT molecular complexity index is 240. The van der Waals surface area contributed by atoms with E-state index in [-0.39, 0.29) is 5.60 Å². The van der Waals surface area contributed by atoms with Gasteiger partial charge >= 0.3 is 0 Å². The Morgan fingerprint density at radius 2 is 1.84 bits per heavy atom. The summed E-state index contributed by atoms with van der Waals surface area (Å²) in [4.78, 5) is 0. The van der Waals surface area contributed by atoms with E-state index in [1.807, 2.05) is 0 Å². The normalized spacial score (nSPS) is 31.9. The molecule has 1 N–H and O–H groups in total. The molecule has 2 fully saturated rings. The highest BCUT2D eigenvalue weighted by molar-refractivity contribution is 4.95. The van der Waals surface area contributed by atoms with E-state index in [2.05, 4.69) is 19.2 Å². The number of ether oxygens (including phenoxy) is 1. The van der Waals surface area contributed by atoms with Crippen LogP contribution < -0.4 is 5.32 Å². The molecule has 1 heterocycles. The first kappa shape index (κ1) is 15.3. The van der Waals surface area contributed by atoms with E-state index in [0.717, 1.165) is 19.1 Å². The molecule has 1 saturated carbocycles. The second-order valence-electron chi connectivity index (χ2n) is 6.80. The number of nitrogens with one attached hydrogen (secondary N) is 1. The predicted molar refractivity (Wildman–Crippen MR) is 81.5 cm³/mol. The van der Waals surface area contributed by atoms with Crippen molar-refractivity contribution in [3.05, 3.63) is 0 Å². The summed E-state index contributed by atoms with van der Waals surface area (Å²) >= 11 is 0. The van der Waals surface area contributed by atoms with E-state index < -0.39 is 0 Å². The molecule has 2 aliphatic rings. The van der Waals surface area contributed by atoms with Gasteiger partial charge in [0, 0.05) is 12.6 Å². The molecule has 0 amide bonds. The van der Waals surface area contributed by atoms with Crippen molar-refractivity contribution < 1.29 is 4.74 Å². The summed E-state index contributed by atoms with van der Waals surface area (Å²) < 4.78 is 6.26. The molecule has 2 nitrogen and oxygen atoms in total. The van der Waals surface area contributed by atoms with Crippen LogP contribution in [-0.2, 0) is 4.74 Å². The summed E-state index contributed by atoms with van der Waals surface area (Å²) in [5.74, 6) is 0.831. The molecular formula is C17H33NO. The summed E-state index contributed by atoms with van der Waals surface area (Å²) in [6.45, 7) is 6.74. The molecule has 0 aromatic heterocycles. The van der Waals surface area contributed by atoms with Crippen molar-refractivity contribution in [3.63, 3.8) is 0 Å². The minimum Gasteiger partial charge on any atom is -0.374 e. The van der Waals surface area contributed by atoms with Crippen molar-refractivity contribution in [2.24, 2.45) is 5.92 Å². The minimum absolute atomic E-state index is 0.0857. The maximum absolute atomic E-state index is 6.26. The zero-order chi connectivity index (χ0) is 13.6. The van der Waals surface area contributed by atoms with Crippen LogP contribution in [-0.4, -0.2) is 24.8 Å². The number of hydrogen-bond acceptors (Lipinski definition) is 2. The van der Waals surface area contributed by atoms with Gasteiger partial charge in [0.15, 0.2) is 0 Å². The molecule has 1 saturated heterocycles. The van der Waals surface area contributed by atoms with Crippen molar-refractivity contribution in [3.8, 4) is 0 Å². The molecule has 2 unspecified atom stereocenters. The smallest absolute Gasteiger partial charge is 0.0809 e. The van der Waals surface area contributed by atoms with Crippen LogP contribution in [0.3, 0.4) is 0 Å². The average molecular weight is 267 g/mol. The standard InChI is InChI=1S/C17H33NO/c1-3-13-18-16(15-10-6-4-5-7-11-15)17(2)12-8-9-14-19-17/h15-16,18H,3-14H2,1-2H3. The molecule has 2 rings (SSSR count). The molecule has 1 aliphatic carbocycles. The van der Waals surface area contributed by atoms with E-state index >= 15 is 0 Å². The van der Waals surface area contributed by atoms with Gasteiger partial charge in [0.1, 0.15) is 0 Å². The first-order valence-electron chi connectivity index (χ1n) is 8.63. The second-order valence-corrected chi connectivity index (χ2v) is 6.80. The second kappa shape index (κ2) is 7.64. The van der Waals surface area contributed by atoms with Crippen LogP contribution in [0.15, 0.2) is 0 Å². The zero-order valence-electron chi connectivity index (χ0n) is 13.0. The average Bonchev–Trinajstić information content (AvgIpc) is 2.69. The lowest BCUT2D eigenvalue weighted by Gasteiger charge is -2.44. The zero-order valence-corrected chi connectivity index (χ0v) is 13.0. The van der Waals surface area contributed by atoms with Gasteiger partial charge in [0.25, 0.3) is 0 Å². The van der Waals surface area contributed by atoms with Crippen LogP contribution in [0.4, 0.5) is 0 Å². The molecule has 19 heavy (non-hydrogen) atoms. The Balaban J connectivity index is 2.04.